The Balaban J connectivity index is 2.01. The molecule has 0 aliphatic carbocycles. The molecule has 1 amide bonds. The average Bonchev–Trinajstić information content (AvgIpc) is 2.68. The number of carbonyl (C=O) groups is 1. The molecule has 2 atom stereocenters. The highest BCUT2D eigenvalue weighted by molar-refractivity contribution is 5.78. The molecule has 1 aromatic carbocycles. The molecule has 0 radical (unpaired) electrons. The van der Waals surface area contributed by atoms with Crippen molar-refractivity contribution in [1.82, 2.24) is 10.6 Å². The third kappa shape index (κ3) is 2.79. The standard InChI is InChI=1S/C12H14F2N2O/c1-7(16-9-5-12(17)15-6-9)8-2-3-10(13)11(14)4-8/h2-4,7,9,16H,5-6H2,1H3,(H,15,17). The fraction of sp³-hybridized carbons (Fsp3) is 0.417. The van der Waals surface area contributed by atoms with Crippen LogP contribution in [0.25, 0.3) is 0 Å². The van der Waals surface area contributed by atoms with Crippen LogP contribution in [-0.2, 0) is 4.79 Å². The Morgan fingerprint density at radius 1 is 1.41 bits per heavy atom. The molecular formula is C12H14F2N2O. The molecule has 2 unspecified atom stereocenters. The van der Waals surface area contributed by atoms with Gasteiger partial charge in [0.1, 0.15) is 0 Å². The molecule has 2 N–H and O–H groups in total. The van der Waals surface area contributed by atoms with Gasteiger partial charge in [0.2, 0.25) is 5.91 Å². The molecule has 1 fully saturated rings. The minimum atomic E-state index is -0.850. The number of hydrogen-bond acceptors (Lipinski definition) is 2. The minimum absolute atomic E-state index is 0.0139. The molecule has 1 saturated heterocycles. The van der Waals surface area contributed by atoms with Gasteiger partial charge in [-0.2, -0.15) is 0 Å². The maximum atomic E-state index is 13.0. The van der Waals surface area contributed by atoms with Crippen molar-refractivity contribution in [3.05, 3.63) is 35.4 Å². The molecule has 0 bridgehead atoms. The van der Waals surface area contributed by atoms with Gasteiger partial charge in [-0.3, -0.25) is 4.79 Å². The van der Waals surface area contributed by atoms with Crippen molar-refractivity contribution >= 4 is 5.91 Å². The van der Waals surface area contributed by atoms with Crippen LogP contribution in [-0.4, -0.2) is 18.5 Å². The fourth-order valence-electron chi connectivity index (χ4n) is 1.95. The Labute approximate surface area is 98.2 Å². The first-order chi connectivity index (χ1) is 8.06. The van der Waals surface area contributed by atoms with Crippen molar-refractivity contribution in [2.45, 2.75) is 25.4 Å². The highest BCUT2D eigenvalue weighted by atomic mass is 19.2. The molecule has 92 valence electrons. The van der Waals surface area contributed by atoms with E-state index in [1.165, 1.54) is 6.07 Å². The Morgan fingerprint density at radius 2 is 2.18 bits per heavy atom. The molecule has 1 aromatic rings. The molecule has 1 aliphatic rings. The molecule has 0 spiro atoms. The summed E-state index contributed by atoms with van der Waals surface area (Å²) >= 11 is 0. The second-order valence-electron chi connectivity index (χ2n) is 4.27. The van der Waals surface area contributed by atoms with Gasteiger partial charge >= 0.3 is 0 Å². The highest BCUT2D eigenvalue weighted by Crippen LogP contribution is 2.17. The zero-order valence-corrected chi connectivity index (χ0v) is 9.47. The zero-order valence-electron chi connectivity index (χ0n) is 9.47. The summed E-state index contributed by atoms with van der Waals surface area (Å²) in [5, 5.41) is 5.91. The van der Waals surface area contributed by atoms with Gasteiger partial charge in [-0.15, -0.1) is 0 Å². The van der Waals surface area contributed by atoms with E-state index in [1.807, 2.05) is 6.92 Å². The second-order valence-corrected chi connectivity index (χ2v) is 4.27. The van der Waals surface area contributed by atoms with E-state index in [4.69, 9.17) is 0 Å². The van der Waals surface area contributed by atoms with E-state index in [9.17, 15) is 13.6 Å². The monoisotopic (exact) mass is 240 g/mol. The smallest absolute Gasteiger partial charge is 0.221 e. The number of halogens is 2. The Bertz CT molecular complexity index is 437. The second kappa shape index (κ2) is 4.79. The average molecular weight is 240 g/mol. The van der Waals surface area contributed by atoms with Crippen molar-refractivity contribution in [2.75, 3.05) is 6.54 Å². The van der Waals surface area contributed by atoms with E-state index in [1.54, 1.807) is 6.07 Å². The summed E-state index contributed by atoms with van der Waals surface area (Å²) in [6, 6.07) is 3.76. The van der Waals surface area contributed by atoms with Gasteiger partial charge in [-0.1, -0.05) is 6.07 Å². The lowest BCUT2D eigenvalue weighted by Gasteiger charge is -2.18. The van der Waals surface area contributed by atoms with E-state index in [0.717, 1.165) is 6.07 Å². The van der Waals surface area contributed by atoms with Crippen LogP contribution in [0.5, 0.6) is 0 Å². The molecular weight excluding hydrogens is 226 g/mol. The van der Waals surface area contributed by atoms with E-state index in [0.29, 0.717) is 18.5 Å². The number of carbonyl (C=O) groups excluding carboxylic acids is 1. The van der Waals surface area contributed by atoms with Crippen LogP contribution in [0.15, 0.2) is 18.2 Å². The highest BCUT2D eigenvalue weighted by Gasteiger charge is 2.23. The van der Waals surface area contributed by atoms with Crippen LogP contribution in [0.2, 0.25) is 0 Å². The van der Waals surface area contributed by atoms with Crippen molar-refractivity contribution in [2.24, 2.45) is 0 Å². The van der Waals surface area contributed by atoms with Crippen molar-refractivity contribution in [3.8, 4) is 0 Å². The summed E-state index contributed by atoms with van der Waals surface area (Å²) in [5.41, 5.74) is 0.670. The fourth-order valence-corrected chi connectivity index (χ4v) is 1.95. The molecule has 17 heavy (non-hydrogen) atoms. The van der Waals surface area contributed by atoms with Crippen LogP contribution in [0, 0.1) is 11.6 Å². The Hall–Kier alpha value is -1.49. The molecule has 5 heteroatoms. The summed E-state index contributed by atoms with van der Waals surface area (Å²) < 4.78 is 25.8. The van der Waals surface area contributed by atoms with E-state index >= 15 is 0 Å². The first-order valence-corrected chi connectivity index (χ1v) is 5.54. The number of amides is 1. The largest absolute Gasteiger partial charge is 0.354 e. The van der Waals surface area contributed by atoms with E-state index in [-0.39, 0.29) is 18.0 Å². The number of hydrogen-bond donors (Lipinski definition) is 2. The van der Waals surface area contributed by atoms with Gasteiger partial charge in [0.15, 0.2) is 11.6 Å². The minimum Gasteiger partial charge on any atom is -0.354 e. The van der Waals surface area contributed by atoms with Gasteiger partial charge in [0.05, 0.1) is 0 Å². The quantitative estimate of drug-likeness (QED) is 0.840. The summed E-state index contributed by atoms with van der Waals surface area (Å²) in [5.74, 6) is -1.68. The van der Waals surface area contributed by atoms with Crippen LogP contribution in [0.1, 0.15) is 24.9 Å². The predicted octanol–water partition coefficient (Wildman–Crippen LogP) is 1.50. The van der Waals surface area contributed by atoms with Crippen LogP contribution in [0.3, 0.4) is 0 Å². The van der Waals surface area contributed by atoms with Crippen molar-refractivity contribution in [1.29, 1.82) is 0 Å². The molecule has 0 aromatic heterocycles. The zero-order chi connectivity index (χ0) is 12.4. The molecule has 2 rings (SSSR count). The van der Waals surface area contributed by atoms with Gasteiger partial charge in [-0.05, 0) is 24.6 Å². The lowest BCUT2D eigenvalue weighted by atomic mass is 10.1. The van der Waals surface area contributed by atoms with Crippen molar-refractivity contribution in [3.63, 3.8) is 0 Å². The lowest BCUT2D eigenvalue weighted by Crippen LogP contribution is -2.33. The van der Waals surface area contributed by atoms with Gasteiger partial charge < -0.3 is 10.6 Å². The number of benzene rings is 1. The Morgan fingerprint density at radius 3 is 2.76 bits per heavy atom. The SMILES string of the molecule is CC(NC1CNC(=O)C1)c1ccc(F)c(F)c1. The topological polar surface area (TPSA) is 41.1 Å². The third-order valence-electron chi connectivity index (χ3n) is 2.91. The third-order valence-corrected chi connectivity index (χ3v) is 2.91. The summed E-state index contributed by atoms with van der Waals surface area (Å²) in [6.45, 7) is 2.43. The number of nitrogens with one attached hydrogen (secondary N) is 2. The lowest BCUT2D eigenvalue weighted by molar-refractivity contribution is -0.119. The molecule has 1 heterocycles. The predicted molar refractivity (Wildman–Crippen MR) is 59.3 cm³/mol. The van der Waals surface area contributed by atoms with Crippen LogP contribution >= 0.6 is 0 Å². The number of rotatable bonds is 3. The molecule has 1 aliphatic heterocycles. The maximum Gasteiger partial charge on any atom is 0.221 e. The first kappa shape index (κ1) is 12.0. The van der Waals surface area contributed by atoms with Gasteiger partial charge in [0, 0.05) is 25.0 Å². The van der Waals surface area contributed by atoms with Crippen LogP contribution in [0.4, 0.5) is 8.78 Å². The first-order valence-electron chi connectivity index (χ1n) is 5.54. The van der Waals surface area contributed by atoms with Crippen LogP contribution < -0.4 is 10.6 Å². The molecule has 3 nitrogen and oxygen atoms in total. The summed E-state index contributed by atoms with van der Waals surface area (Å²) in [6.07, 6.45) is 0.425. The van der Waals surface area contributed by atoms with Gasteiger partial charge in [-0.25, -0.2) is 8.78 Å². The summed E-state index contributed by atoms with van der Waals surface area (Å²) in [7, 11) is 0. The maximum absolute atomic E-state index is 13.0. The normalized spacial score (nSPS) is 21.4. The summed E-state index contributed by atoms with van der Waals surface area (Å²) in [4.78, 5) is 11.0. The van der Waals surface area contributed by atoms with Crippen molar-refractivity contribution < 1.29 is 13.6 Å². The van der Waals surface area contributed by atoms with Gasteiger partial charge in [0.25, 0.3) is 0 Å². The Kier molecular flexibility index (Phi) is 3.38. The molecule has 0 saturated carbocycles. The van der Waals surface area contributed by atoms with E-state index in [2.05, 4.69) is 10.6 Å². The van der Waals surface area contributed by atoms with E-state index < -0.39 is 11.6 Å².